The maximum atomic E-state index is 6.16. The predicted octanol–water partition coefficient (Wildman–Crippen LogP) is 3.25. The second-order valence-corrected chi connectivity index (χ2v) is 8.73. The molecule has 0 N–H and O–H groups in total. The first-order valence-electron chi connectivity index (χ1n) is 11.9. The summed E-state index contributed by atoms with van der Waals surface area (Å²) in [6.45, 7) is 16.2. The van der Waals surface area contributed by atoms with Gasteiger partial charge in [-0.05, 0) is 75.4 Å². The first-order chi connectivity index (χ1) is 15.4. The van der Waals surface area contributed by atoms with E-state index in [9.17, 15) is 0 Å². The van der Waals surface area contributed by atoms with Gasteiger partial charge < -0.3 is 24.0 Å². The van der Waals surface area contributed by atoms with Gasteiger partial charge in [0.2, 0.25) is 0 Å². The lowest BCUT2D eigenvalue weighted by atomic mass is 9.96. The summed E-state index contributed by atoms with van der Waals surface area (Å²) in [5, 5.41) is 1.75. The molecule has 1 aromatic heterocycles. The number of ether oxygens (including phenoxy) is 3. The smallest absolute Gasteiger partial charge is 0.158 e. The molecule has 2 rings (SSSR count). The number of rotatable bonds is 13. The van der Waals surface area contributed by atoms with Crippen molar-refractivity contribution in [1.82, 2.24) is 9.88 Å². The van der Waals surface area contributed by atoms with Gasteiger partial charge in [0.25, 0.3) is 0 Å². The van der Waals surface area contributed by atoms with Crippen LogP contribution in [0.25, 0.3) is 12.7 Å². The number of pyridine rings is 1. The molecule has 1 aromatic rings. The van der Waals surface area contributed by atoms with Crippen LogP contribution >= 0.6 is 0 Å². The Morgan fingerprint density at radius 2 is 2.00 bits per heavy atom. The van der Waals surface area contributed by atoms with Crippen molar-refractivity contribution in [3.63, 3.8) is 0 Å². The minimum Gasteiger partial charge on any atom is -0.498 e. The van der Waals surface area contributed by atoms with Crippen molar-refractivity contribution in [1.29, 1.82) is 0 Å². The third kappa shape index (κ3) is 7.82. The Morgan fingerprint density at radius 1 is 1.28 bits per heavy atom. The first kappa shape index (κ1) is 26.2. The topological polar surface area (TPSA) is 47.1 Å². The van der Waals surface area contributed by atoms with Gasteiger partial charge >= 0.3 is 0 Å². The van der Waals surface area contributed by atoms with Crippen LogP contribution < -0.4 is 15.5 Å². The average Bonchev–Trinajstić information content (AvgIpc) is 3.29. The van der Waals surface area contributed by atoms with E-state index in [0.717, 1.165) is 60.5 Å². The normalized spacial score (nSPS) is 16.8. The average molecular weight is 446 g/mol. The van der Waals surface area contributed by atoms with E-state index in [2.05, 4.69) is 24.5 Å². The molecule has 1 saturated heterocycles. The van der Waals surface area contributed by atoms with Crippen LogP contribution in [0.5, 0.6) is 0 Å². The zero-order valence-corrected chi connectivity index (χ0v) is 21.1. The quantitative estimate of drug-likeness (QED) is 0.343. The van der Waals surface area contributed by atoms with Crippen LogP contribution in [0.3, 0.4) is 0 Å². The molecule has 2 heterocycles. The highest BCUT2D eigenvalue weighted by Gasteiger charge is 2.13. The number of anilines is 1. The van der Waals surface area contributed by atoms with Crippen molar-refractivity contribution < 1.29 is 14.2 Å². The Labute approximate surface area is 194 Å². The molecule has 32 heavy (non-hydrogen) atoms. The fraction of sp³-hybridized carbons (Fsp3) is 0.654. The van der Waals surface area contributed by atoms with Gasteiger partial charge in [-0.25, -0.2) is 4.98 Å². The summed E-state index contributed by atoms with van der Waals surface area (Å²) in [5.41, 5.74) is 1.19. The molecule has 180 valence electrons. The highest BCUT2D eigenvalue weighted by molar-refractivity contribution is 5.48. The Morgan fingerprint density at radius 3 is 2.62 bits per heavy atom. The van der Waals surface area contributed by atoms with Crippen LogP contribution in [0.15, 0.2) is 17.6 Å². The van der Waals surface area contributed by atoms with Crippen LogP contribution in [0.2, 0.25) is 0 Å². The molecule has 0 bridgehead atoms. The van der Waals surface area contributed by atoms with E-state index in [1.54, 1.807) is 7.11 Å². The van der Waals surface area contributed by atoms with Gasteiger partial charge in [-0.1, -0.05) is 13.5 Å². The van der Waals surface area contributed by atoms with E-state index in [-0.39, 0.29) is 0 Å². The highest BCUT2D eigenvalue weighted by Crippen LogP contribution is 2.18. The molecule has 0 saturated carbocycles. The minimum atomic E-state index is 0.320. The summed E-state index contributed by atoms with van der Waals surface area (Å²) in [6, 6.07) is 2.14. The molecule has 0 radical (unpaired) electrons. The summed E-state index contributed by atoms with van der Waals surface area (Å²) in [6.07, 6.45) is 6.54. The molecule has 0 amide bonds. The van der Waals surface area contributed by atoms with E-state index >= 15 is 0 Å². The summed E-state index contributed by atoms with van der Waals surface area (Å²) in [4.78, 5) is 9.39. The molecule has 1 fully saturated rings. The standard InChI is InChI=1S/C26H43N3O3/c1-8-31-17-12-20(2)23-18-26(28(5)6)27-24(21(23)3)19-25(22(4)30-7)32-16-11-15-29-13-9-10-14-29/h18-20H,3,8-17H2,1-2,4-7H3/b24-19+,25-22-. The molecule has 6 heteroatoms. The van der Waals surface area contributed by atoms with Crippen LogP contribution in [-0.2, 0) is 14.2 Å². The number of hydrogen-bond acceptors (Lipinski definition) is 6. The van der Waals surface area contributed by atoms with E-state index in [1.165, 1.54) is 31.5 Å². The molecule has 6 nitrogen and oxygen atoms in total. The third-order valence-corrected chi connectivity index (χ3v) is 6.06. The highest BCUT2D eigenvalue weighted by atomic mass is 16.5. The van der Waals surface area contributed by atoms with Crippen LogP contribution in [0.4, 0.5) is 5.82 Å². The van der Waals surface area contributed by atoms with Gasteiger partial charge in [0.05, 0.1) is 19.1 Å². The van der Waals surface area contributed by atoms with Crippen LogP contribution in [0.1, 0.15) is 57.9 Å². The molecule has 1 aliphatic heterocycles. The summed E-state index contributed by atoms with van der Waals surface area (Å²) in [7, 11) is 5.69. The maximum absolute atomic E-state index is 6.16. The van der Waals surface area contributed by atoms with E-state index in [0.29, 0.717) is 12.5 Å². The zero-order chi connectivity index (χ0) is 23.5. The van der Waals surface area contributed by atoms with Gasteiger partial charge in [-0.2, -0.15) is 0 Å². The Balaban J connectivity index is 2.28. The second kappa shape index (κ2) is 13.5. The molecule has 0 spiro atoms. The number of likely N-dealkylation sites (tertiary alicyclic amines) is 1. The monoisotopic (exact) mass is 445 g/mol. The van der Waals surface area contributed by atoms with Crippen molar-refractivity contribution in [3.8, 4) is 0 Å². The number of hydrogen-bond donors (Lipinski definition) is 0. The van der Waals surface area contributed by atoms with Crippen LogP contribution in [0, 0.1) is 0 Å². The molecular formula is C26H43N3O3. The minimum absolute atomic E-state index is 0.320. The number of methoxy groups -OCH3 is 1. The third-order valence-electron chi connectivity index (χ3n) is 6.06. The first-order valence-corrected chi connectivity index (χ1v) is 11.9. The molecule has 1 unspecified atom stereocenters. The largest absolute Gasteiger partial charge is 0.498 e. The van der Waals surface area contributed by atoms with Crippen molar-refractivity contribution in [2.75, 3.05) is 65.6 Å². The van der Waals surface area contributed by atoms with Crippen molar-refractivity contribution in [3.05, 3.63) is 33.7 Å². The number of nitrogens with zero attached hydrogens (tertiary/aromatic N) is 3. The Bertz CT molecular complexity index is 845. The fourth-order valence-electron chi connectivity index (χ4n) is 3.89. The maximum Gasteiger partial charge on any atom is 0.158 e. The van der Waals surface area contributed by atoms with Crippen molar-refractivity contribution in [2.24, 2.45) is 0 Å². The number of allylic oxidation sites excluding steroid dienone is 2. The van der Waals surface area contributed by atoms with Gasteiger partial charge in [-0.15, -0.1) is 0 Å². The predicted molar refractivity (Wildman–Crippen MR) is 133 cm³/mol. The number of aromatic nitrogens is 1. The van der Waals surface area contributed by atoms with E-state index in [4.69, 9.17) is 19.2 Å². The lowest BCUT2D eigenvalue weighted by Gasteiger charge is -2.18. The molecule has 1 atom stereocenters. The molecule has 0 aliphatic carbocycles. The van der Waals surface area contributed by atoms with Crippen LogP contribution in [-0.4, -0.2) is 70.5 Å². The molecule has 0 aromatic carbocycles. The van der Waals surface area contributed by atoms with E-state index in [1.807, 2.05) is 38.9 Å². The van der Waals surface area contributed by atoms with Crippen molar-refractivity contribution >= 4 is 18.5 Å². The zero-order valence-electron chi connectivity index (χ0n) is 21.1. The fourth-order valence-corrected chi connectivity index (χ4v) is 3.89. The Kier molecular flexibility index (Phi) is 11.0. The van der Waals surface area contributed by atoms with Gasteiger partial charge in [0, 0.05) is 39.9 Å². The molecular weight excluding hydrogens is 402 g/mol. The summed E-state index contributed by atoms with van der Waals surface area (Å²) < 4.78 is 17.3. The van der Waals surface area contributed by atoms with Gasteiger partial charge in [-0.3, -0.25) is 0 Å². The lowest BCUT2D eigenvalue weighted by molar-refractivity contribution is 0.140. The summed E-state index contributed by atoms with van der Waals surface area (Å²) >= 11 is 0. The summed E-state index contributed by atoms with van der Waals surface area (Å²) in [5.74, 6) is 2.69. The SMILES string of the molecule is C=c1c(C(C)CCOCC)cc(N(C)C)n/c1=C/C(OCCCN1CCCC1)=C(\C)OC. The second-order valence-electron chi connectivity index (χ2n) is 8.73. The van der Waals surface area contributed by atoms with Crippen molar-refractivity contribution in [2.45, 2.75) is 52.4 Å². The van der Waals surface area contributed by atoms with Gasteiger partial charge in [0.1, 0.15) is 11.6 Å². The van der Waals surface area contributed by atoms with Gasteiger partial charge in [0.15, 0.2) is 5.76 Å². The molecule has 1 aliphatic rings. The lowest BCUT2D eigenvalue weighted by Crippen LogP contribution is -2.34. The Hall–Kier alpha value is -2.05. The van der Waals surface area contributed by atoms with E-state index < -0.39 is 0 Å².